The van der Waals surface area contributed by atoms with Gasteiger partial charge in [0.05, 0.1) is 0 Å². The van der Waals surface area contributed by atoms with Gasteiger partial charge in [0.2, 0.25) is 0 Å². The molecule has 108 valence electrons. The molecule has 1 saturated carbocycles. The average Bonchev–Trinajstić information content (AvgIpc) is 2.77. The minimum absolute atomic E-state index is 0.480. The number of rotatable bonds is 7. The summed E-state index contributed by atoms with van der Waals surface area (Å²) in [6, 6.07) is 5.11. The number of nitrogens with one attached hydrogen (secondary N) is 1. The maximum Gasteiger partial charge on any atom is 0.0109 e. The van der Waals surface area contributed by atoms with Crippen LogP contribution in [0, 0.1) is 16.7 Å². The largest absolute Gasteiger partial charge is 0.314 e. The van der Waals surface area contributed by atoms with E-state index in [2.05, 4.69) is 57.4 Å². The van der Waals surface area contributed by atoms with Crippen molar-refractivity contribution in [1.29, 1.82) is 0 Å². The minimum Gasteiger partial charge on any atom is -0.314 e. The fourth-order valence-electron chi connectivity index (χ4n) is 3.72. The van der Waals surface area contributed by atoms with Gasteiger partial charge >= 0.3 is 0 Å². The van der Waals surface area contributed by atoms with E-state index in [1.165, 1.54) is 24.1 Å². The van der Waals surface area contributed by atoms with Gasteiger partial charge in [0.1, 0.15) is 0 Å². The third-order valence-corrected chi connectivity index (χ3v) is 6.41. The number of hydrogen-bond acceptors (Lipinski definition) is 2. The summed E-state index contributed by atoms with van der Waals surface area (Å²) >= 11 is 1.89. The quantitative estimate of drug-likeness (QED) is 0.761. The van der Waals surface area contributed by atoms with Crippen molar-refractivity contribution in [2.24, 2.45) is 16.7 Å². The highest BCUT2D eigenvalue weighted by Crippen LogP contribution is 2.70. The number of hydrogen-bond donors (Lipinski definition) is 1. The Kier molecular flexibility index (Phi) is 4.42. The molecular weight excluding hydrogens is 250 g/mol. The van der Waals surface area contributed by atoms with E-state index in [4.69, 9.17) is 0 Å². The monoisotopic (exact) mass is 279 g/mol. The van der Waals surface area contributed by atoms with Gasteiger partial charge < -0.3 is 5.32 Å². The predicted octanol–water partition coefficient (Wildman–Crippen LogP) is 4.73. The molecule has 0 saturated heterocycles. The Morgan fingerprint density at radius 1 is 1.26 bits per heavy atom. The van der Waals surface area contributed by atoms with Gasteiger partial charge in [-0.05, 0) is 54.0 Å². The SMILES string of the molecule is CCCNC(CCc1cccs1)C1C(C)(C)C1(C)C. The van der Waals surface area contributed by atoms with Gasteiger partial charge in [-0.1, -0.05) is 40.7 Å². The van der Waals surface area contributed by atoms with Gasteiger partial charge in [0, 0.05) is 10.9 Å². The second-order valence-electron chi connectivity index (χ2n) is 7.10. The molecular formula is C17H29NS. The van der Waals surface area contributed by atoms with Crippen molar-refractivity contribution < 1.29 is 0 Å². The average molecular weight is 279 g/mol. The molecule has 1 aliphatic rings. The molecule has 1 heterocycles. The molecule has 0 bridgehead atoms. The van der Waals surface area contributed by atoms with Crippen LogP contribution in [0.1, 0.15) is 52.3 Å². The Hall–Kier alpha value is -0.340. The first-order valence-corrected chi connectivity index (χ1v) is 8.55. The maximum atomic E-state index is 3.81. The summed E-state index contributed by atoms with van der Waals surface area (Å²) in [5, 5.41) is 6.00. The van der Waals surface area contributed by atoms with E-state index in [-0.39, 0.29) is 0 Å². The molecule has 2 rings (SSSR count). The summed E-state index contributed by atoms with van der Waals surface area (Å²) in [5.41, 5.74) is 0.960. The van der Waals surface area contributed by atoms with Gasteiger partial charge in [0.25, 0.3) is 0 Å². The van der Waals surface area contributed by atoms with E-state index in [1.807, 2.05) is 11.3 Å². The molecule has 0 aromatic carbocycles. The van der Waals surface area contributed by atoms with Crippen LogP contribution in [-0.2, 0) is 6.42 Å². The first-order valence-electron chi connectivity index (χ1n) is 7.67. The second-order valence-corrected chi connectivity index (χ2v) is 8.13. The zero-order chi connectivity index (χ0) is 14.1. The molecule has 19 heavy (non-hydrogen) atoms. The molecule has 0 aliphatic heterocycles. The highest BCUT2D eigenvalue weighted by molar-refractivity contribution is 7.09. The van der Waals surface area contributed by atoms with Crippen LogP contribution in [0.2, 0.25) is 0 Å². The molecule has 1 atom stereocenters. The molecule has 1 fully saturated rings. The summed E-state index contributed by atoms with van der Waals surface area (Å²) < 4.78 is 0. The zero-order valence-electron chi connectivity index (χ0n) is 13.1. The standard InChI is InChI=1S/C17H29NS/c1-6-11-18-14(10-9-13-8-7-12-19-13)15-16(2,3)17(15,4)5/h7-8,12,14-15,18H,6,9-11H2,1-5H3. The van der Waals surface area contributed by atoms with E-state index >= 15 is 0 Å². The number of thiophene rings is 1. The lowest BCUT2D eigenvalue weighted by atomic mass is 9.99. The van der Waals surface area contributed by atoms with Crippen LogP contribution in [0.4, 0.5) is 0 Å². The highest BCUT2D eigenvalue weighted by atomic mass is 32.1. The normalized spacial score (nSPS) is 22.4. The first-order chi connectivity index (χ1) is 8.91. The van der Waals surface area contributed by atoms with Crippen LogP contribution in [0.25, 0.3) is 0 Å². The third-order valence-electron chi connectivity index (χ3n) is 5.47. The van der Waals surface area contributed by atoms with Crippen molar-refractivity contribution in [2.75, 3.05) is 6.54 Å². The van der Waals surface area contributed by atoms with Gasteiger partial charge in [0.15, 0.2) is 0 Å². The lowest BCUT2D eigenvalue weighted by Gasteiger charge is -2.20. The molecule has 0 spiro atoms. The van der Waals surface area contributed by atoms with Crippen LogP contribution in [0.5, 0.6) is 0 Å². The molecule has 2 heteroatoms. The molecule has 0 radical (unpaired) electrons. The highest BCUT2D eigenvalue weighted by Gasteiger charge is 2.66. The summed E-state index contributed by atoms with van der Waals surface area (Å²) in [7, 11) is 0. The molecule has 1 unspecified atom stereocenters. The summed E-state index contributed by atoms with van der Waals surface area (Å²) in [5.74, 6) is 0.812. The molecule has 0 amide bonds. The van der Waals surface area contributed by atoms with Gasteiger partial charge in [-0.2, -0.15) is 0 Å². The molecule has 1 N–H and O–H groups in total. The fourth-order valence-corrected chi connectivity index (χ4v) is 4.45. The Balaban J connectivity index is 1.97. The van der Waals surface area contributed by atoms with Crippen LogP contribution in [0.3, 0.4) is 0 Å². The van der Waals surface area contributed by atoms with Crippen LogP contribution >= 0.6 is 11.3 Å². The van der Waals surface area contributed by atoms with Gasteiger partial charge in [-0.15, -0.1) is 11.3 Å². The Morgan fingerprint density at radius 2 is 1.95 bits per heavy atom. The van der Waals surface area contributed by atoms with Crippen LogP contribution < -0.4 is 5.32 Å². The lowest BCUT2D eigenvalue weighted by Crippen LogP contribution is -2.34. The van der Waals surface area contributed by atoms with Crippen molar-refractivity contribution in [2.45, 2.75) is 59.9 Å². The van der Waals surface area contributed by atoms with Crippen LogP contribution in [-0.4, -0.2) is 12.6 Å². The van der Waals surface area contributed by atoms with Crippen molar-refractivity contribution >= 4 is 11.3 Å². The van der Waals surface area contributed by atoms with E-state index in [1.54, 1.807) is 0 Å². The summed E-state index contributed by atoms with van der Waals surface area (Å²) in [4.78, 5) is 1.53. The summed E-state index contributed by atoms with van der Waals surface area (Å²) in [6.45, 7) is 13.1. The molecule has 1 aromatic rings. The van der Waals surface area contributed by atoms with Crippen molar-refractivity contribution in [3.63, 3.8) is 0 Å². The van der Waals surface area contributed by atoms with Crippen LogP contribution in [0.15, 0.2) is 17.5 Å². The van der Waals surface area contributed by atoms with Crippen molar-refractivity contribution in [3.8, 4) is 0 Å². The Bertz CT molecular complexity index is 377. The lowest BCUT2D eigenvalue weighted by molar-refractivity contribution is 0.378. The Labute approximate surface area is 122 Å². The minimum atomic E-state index is 0.480. The predicted molar refractivity (Wildman–Crippen MR) is 85.8 cm³/mol. The molecule has 1 aromatic heterocycles. The first kappa shape index (κ1) is 15.1. The topological polar surface area (TPSA) is 12.0 Å². The van der Waals surface area contributed by atoms with Crippen molar-refractivity contribution in [3.05, 3.63) is 22.4 Å². The van der Waals surface area contributed by atoms with Gasteiger partial charge in [-0.3, -0.25) is 0 Å². The smallest absolute Gasteiger partial charge is 0.0109 e. The zero-order valence-corrected chi connectivity index (χ0v) is 13.9. The summed E-state index contributed by atoms with van der Waals surface area (Å²) in [6.07, 6.45) is 3.73. The van der Waals surface area contributed by atoms with Crippen molar-refractivity contribution in [1.82, 2.24) is 5.32 Å². The van der Waals surface area contributed by atoms with E-state index in [9.17, 15) is 0 Å². The fraction of sp³-hybridized carbons (Fsp3) is 0.765. The van der Waals surface area contributed by atoms with E-state index < -0.39 is 0 Å². The second kappa shape index (κ2) is 5.57. The molecule has 1 nitrogen and oxygen atoms in total. The molecule has 1 aliphatic carbocycles. The van der Waals surface area contributed by atoms with E-state index in [0.717, 1.165) is 12.5 Å². The maximum absolute atomic E-state index is 3.81. The Morgan fingerprint density at radius 3 is 2.42 bits per heavy atom. The number of aryl methyl sites for hydroxylation is 1. The van der Waals surface area contributed by atoms with Gasteiger partial charge in [-0.25, -0.2) is 0 Å². The van der Waals surface area contributed by atoms with E-state index in [0.29, 0.717) is 16.9 Å². The third kappa shape index (κ3) is 2.90.